The number of aromatic nitrogens is 2. The molecule has 3 heterocycles. The van der Waals surface area contributed by atoms with E-state index in [0.717, 1.165) is 23.0 Å². The van der Waals surface area contributed by atoms with E-state index in [0.29, 0.717) is 22.0 Å². The standard InChI is InChI=1S/C23H17F3N4O2/c24-23(25,26)12-5-6-14-16(11-30(8-7-27)18(14)9-12)20-19(21(31)29-22(20)32)15-10-28-17-4-2-1-3-13(15)17/h1-6,9-11,28H,7-8,27H2,(H,29,31,32). The fourth-order valence-electron chi connectivity index (χ4n) is 4.24. The van der Waals surface area contributed by atoms with Gasteiger partial charge in [-0.2, -0.15) is 13.2 Å². The number of imide groups is 1. The molecule has 2 amide bonds. The second-order valence-corrected chi connectivity index (χ2v) is 7.54. The Hall–Kier alpha value is -3.85. The highest BCUT2D eigenvalue weighted by molar-refractivity contribution is 6.50. The number of H-pyrrole nitrogens is 1. The number of rotatable bonds is 4. The highest BCUT2D eigenvalue weighted by atomic mass is 19.4. The van der Waals surface area contributed by atoms with Crippen LogP contribution in [0.25, 0.3) is 33.0 Å². The number of carbonyl (C=O) groups is 2. The van der Waals surface area contributed by atoms with Gasteiger partial charge in [0.1, 0.15) is 0 Å². The van der Waals surface area contributed by atoms with Gasteiger partial charge in [0, 0.05) is 58.4 Å². The Balaban J connectivity index is 1.81. The van der Waals surface area contributed by atoms with E-state index < -0.39 is 23.6 Å². The number of carbonyl (C=O) groups excluding carboxylic acids is 2. The van der Waals surface area contributed by atoms with Crippen LogP contribution in [0.2, 0.25) is 0 Å². The summed E-state index contributed by atoms with van der Waals surface area (Å²) in [5.41, 5.74) is 7.18. The number of benzene rings is 2. The van der Waals surface area contributed by atoms with Crippen LogP contribution in [0.15, 0.2) is 54.9 Å². The largest absolute Gasteiger partial charge is 0.416 e. The van der Waals surface area contributed by atoms with Crippen LogP contribution in [-0.4, -0.2) is 27.9 Å². The van der Waals surface area contributed by atoms with Crippen LogP contribution >= 0.6 is 0 Å². The molecule has 0 bridgehead atoms. The molecule has 9 heteroatoms. The highest BCUT2D eigenvalue weighted by Gasteiger charge is 2.36. The molecule has 0 fully saturated rings. The topological polar surface area (TPSA) is 92.9 Å². The third-order valence-corrected chi connectivity index (χ3v) is 5.64. The van der Waals surface area contributed by atoms with Crippen molar-refractivity contribution in [2.24, 2.45) is 5.73 Å². The molecule has 6 nitrogen and oxygen atoms in total. The summed E-state index contributed by atoms with van der Waals surface area (Å²) in [6, 6.07) is 10.7. The number of nitrogens with one attached hydrogen (secondary N) is 2. The second-order valence-electron chi connectivity index (χ2n) is 7.54. The Morgan fingerprint density at radius 1 is 0.938 bits per heavy atom. The minimum atomic E-state index is -4.51. The van der Waals surface area contributed by atoms with E-state index in [2.05, 4.69) is 10.3 Å². The van der Waals surface area contributed by atoms with Gasteiger partial charge in [0.25, 0.3) is 11.8 Å². The maximum atomic E-state index is 13.3. The second kappa shape index (κ2) is 7.10. The van der Waals surface area contributed by atoms with Gasteiger partial charge in [-0.1, -0.05) is 24.3 Å². The lowest BCUT2D eigenvalue weighted by atomic mass is 9.95. The normalized spacial score (nSPS) is 14.8. The molecule has 1 aliphatic rings. The lowest BCUT2D eigenvalue weighted by Crippen LogP contribution is -2.22. The van der Waals surface area contributed by atoms with Crippen molar-refractivity contribution in [3.05, 3.63) is 71.5 Å². The van der Waals surface area contributed by atoms with E-state index in [9.17, 15) is 22.8 Å². The van der Waals surface area contributed by atoms with Crippen LogP contribution in [0, 0.1) is 0 Å². The van der Waals surface area contributed by atoms with Crippen LogP contribution in [0.3, 0.4) is 0 Å². The number of para-hydroxylation sites is 1. The average Bonchev–Trinajstić information content (AvgIpc) is 3.40. The molecule has 1 aliphatic heterocycles. The van der Waals surface area contributed by atoms with Crippen molar-refractivity contribution >= 4 is 44.8 Å². The average molecular weight is 438 g/mol. The van der Waals surface area contributed by atoms with Gasteiger partial charge in [-0.25, -0.2) is 0 Å². The summed E-state index contributed by atoms with van der Waals surface area (Å²) in [5.74, 6) is -1.15. The van der Waals surface area contributed by atoms with Gasteiger partial charge in [0.05, 0.1) is 16.7 Å². The van der Waals surface area contributed by atoms with Gasteiger partial charge >= 0.3 is 6.18 Å². The quantitative estimate of drug-likeness (QED) is 0.425. The maximum Gasteiger partial charge on any atom is 0.416 e. The number of fused-ring (bicyclic) bond motifs is 2. The van der Waals surface area contributed by atoms with Crippen molar-refractivity contribution < 1.29 is 22.8 Å². The van der Waals surface area contributed by atoms with Crippen molar-refractivity contribution in [1.82, 2.24) is 14.9 Å². The number of nitrogens with two attached hydrogens (primary N) is 1. The van der Waals surface area contributed by atoms with Crippen molar-refractivity contribution in [1.29, 1.82) is 0 Å². The first kappa shape index (κ1) is 20.1. The minimum absolute atomic E-state index is 0.125. The number of amides is 2. The first-order chi connectivity index (χ1) is 15.3. The molecule has 0 spiro atoms. The zero-order chi connectivity index (χ0) is 22.6. The van der Waals surface area contributed by atoms with Crippen LogP contribution in [0.4, 0.5) is 13.2 Å². The minimum Gasteiger partial charge on any atom is -0.361 e. The summed E-state index contributed by atoms with van der Waals surface area (Å²) in [4.78, 5) is 28.7. The smallest absolute Gasteiger partial charge is 0.361 e. The fourth-order valence-corrected chi connectivity index (χ4v) is 4.24. The summed E-state index contributed by atoms with van der Waals surface area (Å²) in [5, 5.41) is 3.52. The van der Waals surface area contributed by atoms with Crippen LogP contribution in [0.5, 0.6) is 0 Å². The lowest BCUT2D eigenvalue weighted by molar-refractivity contribution is -0.137. The van der Waals surface area contributed by atoms with Crippen LogP contribution in [0.1, 0.15) is 16.7 Å². The Bertz CT molecular complexity index is 1440. The van der Waals surface area contributed by atoms with Crippen molar-refractivity contribution in [3.63, 3.8) is 0 Å². The van der Waals surface area contributed by atoms with Crippen molar-refractivity contribution in [2.45, 2.75) is 12.7 Å². The van der Waals surface area contributed by atoms with Gasteiger partial charge in [0.15, 0.2) is 0 Å². The summed E-state index contributed by atoms with van der Waals surface area (Å²) in [6.07, 6.45) is -1.28. The molecule has 32 heavy (non-hydrogen) atoms. The zero-order valence-corrected chi connectivity index (χ0v) is 16.6. The Morgan fingerprint density at radius 3 is 2.38 bits per heavy atom. The maximum absolute atomic E-state index is 13.3. The predicted octanol–water partition coefficient (Wildman–Crippen LogP) is 3.67. The molecule has 162 valence electrons. The Labute approximate surface area is 179 Å². The molecule has 2 aromatic heterocycles. The van der Waals surface area contributed by atoms with Crippen LogP contribution in [-0.2, 0) is 22.3 Å². The number of nitrogens with zero attached hydrogens (tertiary/aromatic N) is 1. The fraction of sp³-hybridized carbons (Fsp3) is 0.130. The SMILES string of the molecule is NCCn1cc(C2=C(c3c[nH]c4ccccc34)C(=O)NC2=O)c2ccc(C(F)(F)F)cc21. The zero-order valence-electron chi connectivity index (χ0n) is 16.6. The summed E-state index contributed by atoms with van der Waals surface area (Å²) >= 11 is 0. The molecule has 5 rings (SSSR count). The first-order valence-corrected chi connectivity index (χ1v) is 9.86. The molecule has 0 unspecified atom stereocenters. The highest BCUT2D eigenvalue weighted by Crippen LogP contribution is 2.39. The van der Waals surface area contributed by atoms with E-state index >= 15 is 0 Å². The van der Waals surface area contributed by atoms with Gasteiger partial charge in [-0.05, 0) is 18.2 Å². The molecule has 2 aromatic carbocycles. The molecule has 4 aromatic rings. The lowest BCUT2D eigenvalue weighted by Gasteiger charge is -2.08. The molecule has 0 saturated carbocycles. The molecule has 0 radical (unpaired) electrons. The predicted molar refractivity (Wildman–Crippen MR) is 114 cm³/mol. The summed E-state index contributed by atoms with van der Waals surface area (Å²) < 4.78 is 41.5. The van der Waals surface area contributed by atoms with Crippen LogP contribution < -0.4 is 11.1 Å². The number of halogens is 3. The summed E-state index contributed by atoms with van der Waals surface area (Å²) in [6.45, 7) is 0.446. The molecule has 0 saturated heterocycles. The number of hydrogen-bond donors (Lipinski definition) is 3. The van der Waals surface area contributed by atoms with E-state index in [-0.39, 0.29) is 24.2 Å². The van der Waals surface area contributed by atoms with E-state index in [1.165, 1.54) is 6.07 Å². The first-order valence-electron chi connectivity index (χ1n) is 9.86. The Morgan fingerprint density at radius 2 is 1.66 bits per heavy atom. The van der Waals surface area contributed by atoms with Gasteiger partial charge in [-0.3, -0.25) is 14.9 Å². The molecule has 4 N–H and O–H groups in total. The number of hydrogen-bond acceptors (Lipinski definition) is 3. The number of alkyl halides is 3. The third-order valence-electron chi connectivity index (χ3n) is 5.64. The monoisotopic (exact) mass is 438 g/mol. The molecule has 0 aliphatic carbocycles. The van der Waals surface area contributed by atoms with E-state index in [1.807, 2.05) is 24.3 Å². The van der Waals surface area contributed by atoms with Gasteiger partial charge in [-0.15, -0.1) is 0 Å². The molecule has 0 atom stereocenters. The van der Waals surface area contributed by atoms with E-state index in [1.54, 1.807) is 17.0 Å². The molecular weight excluding hydrogens is 421 g/mol. The number of aromatic amines is 1. The Kier molecular flexibility index (Phi) is 4.45. The summed E-state index contributed by atoms with van der Waals surface area (Å²) in [7, 11) is 0. The van der Waals surface area contributed by atoms with E-state index in [4.69, 9.17) is 5.73 Å². The van der Waals surface area contributed by atoms with Crippen molar-refractivity contribution in [3.8, 4) is 0 Å². The van der Waals surface area contributed by atoms with Gasteiger partial charge in [0.2, 0.25) is 0 Å². The third kappa shape index (κ3) is 3.01. The van der Waals surface area contributed by atoms with Gasteiger partial charge < -0.3 is 15.3 Å². The molecular formula is C23H17F3N4O2. The van der Waals surface area contributed by atoms with Crippen molar-refractivity contribution in [2.75, 3.05) is 6.54 Å².